The van der Waals surface area contributed by atoms with Gasteiger partial charge in [-0.15, -0.1) is 0 Å². The molecule has 1 amide bonds. The van der Waals surface area contributed by atoms with Gasteiger partial charge in [0.15, 0.2) is 0 Å². The Morgan fingerprint density at radius 3 is 2.76 bits per heavy atom. The van der Waals surface area contributed by atoms with Crippen molar-refractivity contribution in [2.75, 3.05) is 6.61 Å². The predicted octanol–water partition coefficient (Wildman–Crippen LogP) is 3.70. The molecule has 0 saturated carbocycles. The second-order valence-corrected chi connectivity index (χ2v) is 5.84. The molecule has 2 aromatic rings. The van der Waals surface area contributed by atoms with Gasteiger partial charge in [0.05, 0.1) is 18.9 Å². The minimum absolute atomic E-state index is 0.168. The Morgan fingerprint density at radius 2 is 2.08 bits per heavy atom. The average molecular weight is 361 g/mol. The SMILES string of the molecule is CCOc1ccc(C(O)CCC(=O)NN=Cc2cccc(Cl)c2)cc1. The number of amides is 1. The smallest absolute Gasteiger partial charge is 0.240 e. The molecule has 0 radical (unpaired) electrons. The highest BCUT2D eigenvalue weighted by Crippen LogP contribution is 2.21. The zero-order valence-electron chi connectivity index (χ0n) is 14.0. The Bertz CT molecular complexity index is 717. The van der Waals surface area contributed by atoms with Crippen LogP contribution in [0.25, 0.3) is 0 Å². The van der Waals surface area contributed by atoms with E-state index < -0.39 is 6.10 Å². The van der Waals surface area contributed by atoms with Crippen molar-refractivity contribution in [1.82, 2.24) is 5.43 Å². The number of nitrogens with zero attached hydrogens (tertiary/aromatic N) is 1. The highest BCUT2D eigenvalue weighted by molar-refractivity contribution is 6.30. The van der Waals surface area contributed by atoms with E-state index in [9.17, 15) is 9.90 Å². The third kappa shape index (κ3) is 6.57. The zero-order valence-corrected chi connectivity index (χ0v) is 14.7. The third-order valence-electron chi connectivity index (χ3n) is 3.47. The minimum atomic E-state index is -0.710. The number of nitrogens with one attached hydrogen (secondary N) is 1. The first-order valence-electron chi connectivity index (χ1n) is 8.06. The number of carbonyl (C=O) groups is 1. The summed E-state index contributed by atoms with van der Waals surface area (Å²) in [6, 6.07) is 14.3. The summed E-state index contributed by atoms with van der Waals surface area (Å²) in [5.74, 6) is 0.495. The van der Waals surface area contributed by atoms with Gasteiger partial charge >= 0.3 is 0 Å². The van der Waals surface area contributed by atoms with E-state index in [0.717, 1.165) is 16.9 Å². The van der Waals surface area contributed by atoms with E-state index in [2.05, 4.69) is 10.5 Å². The topological polar surface area (TPSA) is 70.9 Å². The van der Waals surface area contributed by atoms with Crippen LogP contribution in [0.15, 0.2) is 53.6 Å². The summed E-state index contributed by atoms with van der Waals surface area (Å²) >= 11 is 5.87. The van der Waals surface area contributed by atoms with E-state index in [1.54, 1.807) is 42.5 Å². The van der Waals surface area contributed by atoms with Crippen molar-refractivity contribution in [3.63, 3.8) is 0 Å². The van der Waals surface area contributed by atoms with Crippen molar-refractivity contribution < 1.29 is 14.6 Å². The maximum absolute atomic E-state index is 11.8. The lowest BCUT2D eigenvalue weighted by Gasteiger charge is -2.11. The Balaban J connectivity index is 1.77. The number of benzene rings is 2. The fourth-order valence-corrected chi connectivity index (χ4v) is 2.41. The highest BCUT2D eigenvalue weighted by atomic mass is 35.5. The lowest BCUT2D eigenvalue weighted by molar-refractivity contribution is -0.121. The van der Waals surface area contributed by atoms with Crippen LogP contribution in [0.4, 0.5) is 0 Å². The summed E-state index contributed by atoms with van der Waals surface area (Å²) in [6.45, 7) is 2.51. The molecule has 2 rings (SSSR count). The summed E-state index contributed by atoms with van der Waals surface area (Å²) in [6.07, 6.45) is 1.29. The first-order valence-corrected chi connectivity index (χ1v) is 8.44. The van der Waals surface area contributed by atoms with E-state index in [1.807, 2.05) is 13.0 Å². The van der Waals surface area contributed by atoms with Crippen LogP contribution >= 0.6 is 11.6 Å². The van der Waals surface area contributed by atoms with E-state index in [4.69, 9.17) is 16.3 Å². The van der Waals surface area contributed by atoms with Gasteiger partial charge in [-0.25, -0.2) is 5.43 Å². The number of hydrogen-bond donors (Lipinski definition) is 2. The van der Waals surface area contributed by atoms with Gasteiger partial charge in [0.1, 0.15) is 5.75 Å². The summed E-state index contributed by atoms with van der Waals surface area (Å²) in [5, 5.41) is 14.6. The molecule has 1 atom stereocenters. The van der Waals surface area contributed by atoms with Crippen LogP contribution in [0.2, 0.25) is 5.02 Å². The number of rotatable bonds is 8. The van der Waals surface area contributed by atoms with Gasteiger partial charge in [0, 0.05) is 11.4 Å². The summed E-state index contributed by atoms with van der Waals surface area (Å²) in [7, 11) is 0. The molecule has 0 aliphatic carbocycles. The first-order chi connectivity index (χ1) is 12.1. The molecule has 0 aromatic heterocycles. The van der Waals surface area contributed by atoms with Crippen LogP contribution in [0.1, 0.15) is 37.0 Å². The lowest BCUT2D eigenvalue weighted by Crippen LogP contribution is -2.18. The van der Waals surface area contributed by atoms with Crippen LogP contribution in [0.3, 0.4) is 0 Å². The molecule has 5 nitrogen and oxygen atoms in total. The molecule has 1 unspecified atom stereocenters. The molecule has 25 heavy (non-hydrogen) atoms. The third-order valence-corrected chi connectivity index (χ3v) is 3.71. The average Bonchev–Trinajstić information content (AvgIpc) is 2.61. The summed E-state index contributed by atoms with van der Waals surface area (Å²) in [5.41, 5.74) is 3.98. The number of halogens is 1. The van der Waals surface area contributed by atoms with Crippen LogP contribution in [0, 0.1) is 0 Å². The van der Waals surface area contributed by atoms with Crippen molar-refractivity contribution in [1.29, 1.82) is 0 Å². The van der Waals surface area contributed by atoms with Crippen molar-refractivity contribution in [3.8, 4) is 5.75 Å². The van der Waals surface area contributed by atoms with Crippen LogP contribution in [0.5, 0.6) is 5.75 Å². The van der Waals surface area contributed by atoms with Crippen molar-refractivity contribution >= 4 is 23.7 Å². The molecule has 0 fully saturated rings. The Kier molecular flexibility index (Phi) is 7.44. The van der Waals surface area contributed by atoms with Crippen LogP contribution < -0.4 is 10.2 Å². The normalized spacial score (nSPS) is 12.1. The molecular formula is C19H21ClN2O3. The van der Waals surface area contributed by atoms with Gasteiger partial charge in [-0.3, -0.25) is 4.79 Å². The largest absolute Gasteiger partial charge is 0.494 e. The predicted molar refractivity (Wildman–Crippen MR) is 99.0 cm³/mol. The number of ether oxygens (including phenoxy) is 1. The quantitative estimate of drug-likeness (QED) is 0.557. The molecule has 0 heterocycles. The standard InChI is InChI=1S/C19H21ClN2O3/c1-2-25-17-8-6-15(7-9-17)18(23)10-11-19(24)22-21-13-14-4-3-5-16(20)12-14/h3-9,12-13,18,23H,2,10-11H2,1H3,(H,22,24). The lowest BCUT2D eigenvalue weighted by atomic mass is 10.0. The van der Waals surface area contributed by atoms with Gasteiger partial charge in [-0.1, -0.05) is 35.9 Å². The molecule has 0 spiro atoms. The van der Waals surface area contributed by atoms with Crippen LogP contribution in [-0.2, 0) is 4.79 Å². The first kappa shape index (κ1) is 19.0. The van der Waals surface area contributed by atoms with E-state index >= 15 is 0 Å². The monoisotopic (exact) mass is 360 g/mol. The molecule has 2 N–H and O–H groups in total. The second kappa shape index (κ2) is 9.81. The van der Waals surface area contributed by atoms with E-state index in [-0.39, 0.29) is 12.3 Å². The van der Waals surface area contributed by atoms with Crippen LogP contribution in [-0.4, -0.2) is 23.8 Å². The maximum atomic E-state index is 11.8. The second-order valence-electron chi connectivity index (χ2n) is 5.40. The van der Waals surface area contributed by atoms with Crippen molar-refractivity contribution in [3.05, 3.63) is 64.7 Å². The summed E-state index contributed by atoms with van der Waals surface area (Å²) in [4.78, 5) is 11.8. The van der Waals surface area contributed by atoms with Gasteiger partial charge in [-0.05, 0) is 48.7 Å². The van der Waals surface area contributed by atoms with Crippen molar-refractivity contribution in [2.45, 2.75) is 25.9 Å². The fourth-order valence-electron chi connectivity index (χ4n) is 2.21. The van der Waals surface area contributed by atoms with Gasteiger partial charge < -0.3 is 9.84 Å². The Labute approximate surface area is 152 Å². The summed E-state index contributed by atoms with van der Waals surface area (Å²) < 4.78 is 5.36. The molecule has 0 bridgehead atoms. The molecule has 0 aliphatic heterocycles. The van der Waals surface area contributed by atoms with E-state index in [0.29, 0.717) is 18.1 Å². The highest BCUT2D eigenvalue weighted by Gasteiger charge is 2.10. The zero-order chi connectivity index (χ0) is 18.1. The number of aliphatic hydroxyl groups is 1. The Morgan fingerprint density at radius 1 is 1.32 bits per heavy atom. The van der Waals surface area contributed by atoms with Gasteiger partial charge in [0.25, 0.3) is 0 Å². The number of hydrogen-bond acceptors (Lipinski definition) is 4. The fraction of sp³-hybridized carbons (Fsp3) is 0.263. The molecule has 132 valence electrons. The number of carbonyl (C=O) groups excluding carboxylic acids is 1. The van der Waals surface area contributed by atoms with Gasteiger partial charge in [0.2, 0.25) is 5.91 Å². The molecule has 6 heteroatoms. The van der Waals surface area contributed by atoms with Crippen molar-refractivity contribution in [2.24, 2.45) is 5.10 Å². The molecule has 0 aliphatic rings. The number of hydrazone groups is 1. The molecular weight excluding hydrogens is 340 g/mol. The Hall–Kier alpha value is -2.37. The maximum Gasteiger partial charge on any atom is 0.240 e. The van der Waals surface area contributed by atoms with Gasteiger partial charge in [-0.2, -0.15) is 5.10 Å². The minimum Gasteiger partial charge on any atom is -0.494 e. The number of aliphatic hydroxyl groups excluding tert-OH is 1. The molecule has 2 aromatic carbocycles. The van der Waals surface area contributed by atoms with E-state index in [1.165, 1.54) is 6.21 Å². The molecule has 0 saturated heterocycles.